The summed E-state index contributed by atoms with van der Waals surface area (Å²) < 4.78 is 12.5. The van der Waals surface area contributed by atoms with Crippen LogP contribution in [0, 0.1) is 6.92 Å². The van der Waals surface area contributed by atoms with Crippen LogP contribution in [0.15, 0.2) is 54.6 Å². The molecule has 1 amide bonds. The van der Waals surface area contributed by atoms with Gasteiger partial charge in [-0.25, -0.2) is 0 Å². The quantitative estimate of drug-likeness (QED) is 0.502. The Hall–Kier alpha value is -3.32. The van der Waals surface area contributed by atoms with Crippen LogP contribution in [-0.4, -0.2) is 29.9 Å². The SMILES string of the molecule is COc1ccc(NC(=O)c2cc3c(C)nn(Cc4ccccc4)c3s2)c(OC)c1. The fourth-order valence-corrected chi connectivity index (χ4v) is 4.23. The van der Waals surface area contributed by atoms with E-state index >= 15 is 0 Å². The lowest BCUT2D eigenvalue weighted by Crippen LogP contribution is -2.11. The highest BCUT2D eigenvalue weighted by Gasteiger charge is 2.18. The molecule has 0 aliphatic rings. The molecular weight excluding hydrogens is 386 g/mol. The summed E-state index contributed by atoms with van der Waals surface area (Å²) in [5, 5.41) is 8.57. The van der Waals surface area contributed by atoms with E-state index in [0.29, 0.717) is 28.6 Å². The van der Waals surface area contributed by atoms with Gasteiger partial charge < -0.3 is 14.8 Å². The van der Waals surface area contributed by atoms with E-state index < -0.39 is 0 Å². The zero-order valence-corrected chi connectivity index (χ0v) is 17.2. The van der Waals surface area contributed by atoms with Crippen molar-refractivity contribution < 1.29 is 14.3 Å². The summed E-state index contributed by atoms with van der Waals surface area (Å²) in [4.78, 5) is 14.5. The summed E-state index contributed by atoms with van der Waals surface area (Å²) in [6.07, 6.45) is 0. The first-order valence-corrected chi connectivity index (χ1v) is 9.95. The van der Waals surface area contributed by atoms with Crippen molar-refractivity contribution in [3.05, 3.63) is 70.7 Å². The molecule has 0 saturated carbocycles. The largest absolute Gasteiger partial charge is 0.497 e. The number of anilines is 1. The van der Waals surface area contributed by atoms with E-state index in [-0.39, 0.29) is 5.91 Å². The molecule has 7 heteroatoms. The number of carbonyl (C=O) groups excluding carboxylic acids is 1. The summed E-state index contributed by atoms with van der Waals surface area (Å²) in [5.74, 6) is 1.03. The normalized spacial score (nSPS) is 10.9. The molecular formula is C22H21N3O3S. The highest BCUT2D eigenvalue weighted by molar-refractivity contribution is 7.20. The molecule has 0 aliphatic heterocycles. The van der Waals surface area contributed by atoms with Crippen LogP contribution in [-0.2, 0) is 6.54 Å². The Bertz CT molecular complexity index is 1160. The number of hydrogen-bond acceptors (Lipinski definition) is 5. The van der Waals surface area contributed by atoms with Gasteiger partial charge in [-0.15, -0.1) is 11.3 Å². The maximum absolute atomic E-state index is 12.9. The van der Waals surface area contributed by atoms with Gasteiger partial charge in [0.2, 0.25) is 0 Å². The van der Waals surface area contributed by atoms with Crippen LogP contribution in [0.1, 0.15) is 20.9 Å². The third kappa shape index (κ3) is 3.82. The number of hydrogen-bond donors (Lipinski definition) is 1. The number of benzene rings is 2. The zero-order chi connectivity index (χ0) is 20.4. The van der Waals surface area contributed by atoms with Gasteiger partial charge in [0.1, 0.15) is 16.3 Å². The molecule has 0 radical (unpaired) electrons. The zero-order valence-electron chi connectivity index (χ0n) is 16.4. The number of amides is 1. The van der Waals surface area contributed by atoms with E-state index in [1.807, 2.05) is 35.9 Å². The van der Waals surface area contributed by atoms with Crippen molar-refractivity contribution in [1.29, 1.82) is 0 Å². The molecule has 0 bridgehead atoms. The number of thiophene rings is 1. The van der Waals surface area contributed by atoms with Crippen molar-refractivity contribution in [1.82, 2.24) is 9.78 Å². The van der Waals surface area contributed by atoms with Crippen LogP contribution in [0.2, 0.25) is 0 Å². The summed E-state index contributed by atoms with van der Waals surface area (Å²) in [7, 11) is 3.15. The maximum Gasteiger partial charge on any atom is 0.265 e. The molecule has 0 spiro atoms. The van der Waals surface area contributed by atoms with Gasteiger partial charge in [0, 0.05) is 11.5 Å². The molecule has 29 heavy (non-hydrogen) atoms. The third-order valence-corrected chi connectivity index (χ3v) is 5.81. The van der Waals surface area contributed by atoms with Gasteiger partial charge >= 0.3 is 0 Å². The number of fused-ring (bicyclic) bond motifs is 1. The smallest absolute Gasteiger partial charge is 0.265 e. The lowest BCUT2D eigenvalue weighted by atomic mass is 10.2. The van der Waals surface area contributed by atoms with Gasteiger partial charge in [-0.05, 0) is 30.7 Å². The molecule has 2 aromatic heterocycles. The molecule has 2 heterocycles. The van der Waals surface area contributed by atoms with E-state index in [1.165, 1.54) is 16.9 Å². The Balaban J connectivity index is 1.61. The Morgan fingerprint density at radius 3 is 2.62 bits per heavy atom. The van der Waals surface area contributed by atoms with Crippen molar-refractivity contribution in [3.8, 4) is 11.5 Å². The minimum atomic E-state index is -0.180. The molecule has 4 aromatic rings. The molecule has 2 aromatic carbocycles. The van der Waals surface area contributed by atoms with E-state index in [4.69, 9.17) is 9.47 Å². The molecule has 0 unspecified atom stereocenters. The second-order valence-corrected chi connectivity index (χ2v) is 7.61. The highest BCUT2D eigenvalue weighted by Crippen LogP contribution is 2.32. The molecule has 0 saturated heterocycles. The first-order valence-electron chi connectivity index (χ1n) is 9.13. The summed E-state index contributed by atoms with van der Waals surface area (Å²) in [5.41, 5.74) is 2.67. The van der Waals surface area contributed by atoms with Crippen LogP contribution < -0.4 is 14.8 Å². The number of aryl methyl sites for hydroxylation is 1. The number of ether oxygens (including phenoxy) is 2. The fraction of sp³-hybridized carbons (Fsp3) is 0.182. The summed E-state index contributed by atoms with van der Waals surface area (Å²) >= 11 is 1.44. The predicted octanol–water partition coefficient (Wildman–Crippen LogP) is 4.72. The number of nitrogens with one attached hydrogen (secondary N) is 1. The Morgan fingerprint density at radius 1 is 1.10 bits per heavy atom. The van der Waals surface area contributed by atoms with Crippen molar-refractivity contribution >= 4 is 33.1 Å². The first-order chi connectivity index (χ1) is 14.1. The molecule has 6 nitrogen and oxygen atoms in total. The van der Waals surface area contributed by atoms with Crippen molar-refractivity contribution in [2.24, 2.45) is 0 Å². The van der Waals surface area contributed by atoms with Gasteiger partial charge in [-0.3, -0.25) is 9.48 Å². The van der Waals surface area contributed by atoms with Crippen LogP contribution in [0.25, 0.3) is 10.2 Å². The van der Waals surface area contributed by atoms with Crippen LogP contribution in [0.3, 0.4) is 0 Å². The minimum absolute atomic E-state index is 0.180. The van der Waals surface area contributed by atoms with E-state index in [0.717, 1.165) is 15.9 Å². The molecule has 1 N–H and O–H groups in total. The molecule has 0 atom stereocenters. The number of aromatic nitrogens is 2. The van der Waals surface area contributed by atoms with Gasteiger partial charge in [0.15, 0.2) is 0 Å². The Labute approximate surface area is 172 Å². The monoisotopic (exact) mass is 407 g/mol. The van der Waals surface area contributed by atoms with E-state index in [9.17, 15) is 4.79 Å². The Morgan fingerprint density at radius 2 is 1.90 bits per heavy atom. The number of nitrogens with zero attached hydrogens (tertiary/aromatic N) is 2. The average Bonchev–Trinajstić information content (AvgIpc) is 3.30. The number of methoxy groups -OCH3 is 2. The second kappa shape index (κ2) is 7.97. The topological polar surface area (TPSA) is 65.4 Å². The van der Waals surface area contributed by atoms with Crippen LogP contribution in [0.5, 0.6) is 11.5 Å². The van der Waals surface area contributed by atoms with E-state index in [1.54, 1.807) is 32.4 Å². The Kier molecular flexibility index (Phi) is 5.22. The average molecular weight is 407 g/mol. The van der Waals surface area contributed by atoms with E-state index in [2.05, 4.69) is 22.5 Å². The summed E-state index contributed by atoms with van der Waals surface area (Å²) in [6, 6.07) is 17.3. The van der Waals surface area contributed by atoms with Crippen molar-refractivity contribution in [3.63, 3.8) is 0 Å². The fourth-order valence-electron chi connectivity index (χ4n) is 3.17. The minimum Gasteiger partial charge on any atom is -0.497 e. The van der Waals surface area contributed by atoms with Gasteiger partial charge in [0.25, 0.3) is 5.91 Å². The van der Waals surface area contributed by atoms with Crippen molar-refractivity contribution in [2.45, 2.75) is 13.5 Å². The van der Waals surface area contributed by atoms with Gasteiger partial charge in [0.05, 0.1) is 37.0 Å². The third-order valence-electron chi connectivity index (χ3n) is 4.66. The number of carbonyl (C=O) groups is 1. The maximum atomic E-state index is 12.9. The number of rotatable bonds is 6. The lowest BCUT2D eigenvalue weighted by molar-refractivity contribution is 0.103. The predicted molar refractivity (Wildman–Crippen MR) is 115 cm³/mol. The molecule has 0 aliphatic carbocycles. The highest BCUT2D eigenvalue weighted by atomic mass is 32.1. The molecule has 0 fully saturated rings. The molecule has 4 rings (SSSR count). The molecule has 148 valence electrons. The van der Waals surface area contributed by atoms with Crippen molar-refractivity contribution in [2.75, 3.05) is 19.5 Å². The lowest BCUT2D eigenvalue weighted by Gasteiger charge is -2.11. The second-order valence-electron chi connectivity index (χ2n) is 6.58. The van der Waals surface area contributed by atoms with Gasteiger partial charge in [-0.2, -0.15) is 5.10 Å². The van der Waals surface area contributed by atoms with Crippen LogP contribution >= 0.6 is 11.3 Å². The summed E-state index contributed by atoms with van der Waals surface area (Å²) in [6.45, 7) is 2.63. The standard InChI is InChI=1S/C22H21N3O3S/c1-14-17-12-20(21(26)23-18-10-9-16(27-2)11-19(18)28-3)29-22(17)25(24-14)13-15-7-5-4-6-8-15/h4-12H,13H2,1-3H3,(H,23,26). The van der Waals surface area contributed by atoms with Crippen LogP contribution in [0.4, 0.5) is 5.69 Å². The first kappa shape index (κ1) is 19.0. The van der Waals surface area contributed by atoms with Gasteiger partial charge in [-0.1, -0.05) is 30.3 Å².